The topological polar surface area (TPSA) is 17.8 Å². The minimum atomic E-state index is -0.0175. The summed E-state index contributed by atoms with van der Waals surface area (Å²) in [7, 11) is -0.0175. The fourth-order valence-electron chi connectivity index (χ4n) is 1.28. The average Bonchev–Trinajstić information content (AvgIpc) is 2.75. The van der Waals surface area contributed by atoms with Gasteiger partial charge in [0.1, 0.15) is 4.60 Å². The van der Waals surface area contributed by atoms with Crippen molar-refractivity contribution in [2.75, 3.05) is 13.3 Å². The third-order valence-corrected chi connectivity index (χ3v) is 3.68. The van der Waals surface area contributed by atoms with Gasteiger partial charge in [0.25, 0.3) is 0 Å². The van der Waals surface area contributed by atoms with Gasteiger partial charge in [-0.15, -0.1) is 0 Å². The minimum Gasteiger partial charge on any atom is -0.261 e. The summed E-state index contributed by atoms with van der Waals surface area (Å²) in [5.41, 5.74) is 1.42. The SMILES string of the molecule is CP(C)c1cc(Br)nn1C1CC1. The molecule has 4 heteroatoms. The molecule has 0 bridgehead atoms. The van der Waals surface area contributed by atoms with Crippen LogP contribution in [-0.4, -0.2) is 23.1 Å². The van der Waals surface area contributed by atoms with Gasteiger partial charge >= 0.3 is 0 Å². The monoisotopic (exact) mass is 246 g/mol. The van der Waals surface area contributed by atoms with Gasteiger partial charge in [-0.1, -0.05) is 7.92 Å². The summed E-state index contributed by atoms with van der Waals surface area (Å²) in [4.78, 5) is 0. The first-order chi connectivity index (χ1) is 5.68. The van der Waals surface area contributed by atoms with Crippen molar-refractivity contribution in [3.8, 4) is 0 Å². The van der Waals surface area contributed by atoms with Crippen molar-refractivity contribution in [3.63, 3.8) is 0 Å². The molecule has 0 N–H and O–H groups in total. The van der Waals surface area contributed by atoms with Crippen LogP contribution >= 0.6 is 23.9 Å². The lowest BCUT2D eigenvalue weighted by molar-refractivity contribution is 0.654. The molecule has 0 spiro atoms. The molecule has 0 saturated heterocycles. The van der Waals surface area contributed by atoms with Crippen LogP contribution in [0.5, 0.6) is 0 Å². The van der Waals surface area contributed by atoms with E-state index in [-0.39, 0.29) is 7.92 Å². The quantitative estimate of drug-likeness (QED) is 0.733. The molecule has 12 heavy (non-hydrogen) atoms. The van der Waals surface area contributed by atoms with Gasteiger partial charge in [0.2, 0.25) is 0 Å². The fourth-order valence-corrected chi connectivity index (χ4v) is 2.84. The van der Waals surface area contributed by atoms with Crippen LogP contribution in [0.4, 0.5) is 0 Å². The van der Waals surface area contributed by atoms with Crippen LogP contribution in [0.15, 0.2) is 10.7 Å². The second kappa shape index (κ2) is 3.12. The summed E-state index contributed by atoms with van der Waals surface area (Å²) < 4.78 is 3.19. The van der Waals surface area contributed by atoms with Crippen LogP contribution in [0.3, 0.4) is 0 Å². The highest BCUT2D eigenvalue weighted by atomic mass is 79.9. The van der Waals surface area contributed by atoms with E-state index in [0.717, 1.165) is 4.60 Å². The summed E-state index contributed by atoms with van der Waals surface area (Å²) in [6.07, 6.45) is 2.62. The summed E-state index contributed by atoms with van der Waals surface area (Å²) >= 11 is 3.43. The number of hydrogen-bond donors (Lipinski definition) is 0. The summed E-state index contributed by atoms with van der Waals surface area (Å²) in [5, 5.41) is 4.44. The molecule has 0 aliphatic heterocycles. The molecule has 1 aliphatic rings. The van der Waals surface area contributed by atoms with Crippen LogP contribution in [-0.2, 0) is 0 Å². The van der Waals surface area contributed by atoms with Gasteiger partial charge in [-0.2, -0.15) is 5.10 Å². The number of halogens is 1. The number of aromatic nitrogens is 2. The molecular formula is C8H12BrN2P. The summed E-state index contributed by atoms with van der Waals surface area (Å²) in [6, 6.07) is 2.86. The first-order valence-corrected chi connectivity index (χ1v) is 7.14. The lowest BCUT2D eigenvalue weighted by Gasteiger charge is -2.07. The smallest absolute Gasteiger partial charge is 0.128 e. The maximum absolute atomic E-state index is 4.44. The van der Waals surface area contributed by atoms with E-state index in [1.165, 1.54) is 18.3 Å². The zero-order chi connectivity index (χ0) is 8.72. The van der Waals surface area contributed by atoms with Gasteiger partial charge in [-0.3, -0.25) is 4.68 Å². The van der Waals surface area contributed by atoms with Gasteiger partial charge in [0.15, 0.2) is 0 Å². The minimum absolute atomic E-state index is 0.0175. The van der Waals surface area contributed by atoms with Crippen molar-refractivity contribution in [1.82, 2.24) is 9.78 Å². The fraction of sp³-hybridized carbons (Fsp3) is 0.625. The first-order valence-electron chi connectivity index (χ1n) is 4.11. The Hall–Kier alpha value is 0.120. The van der Waals surface area contributed by atoms with Crippen LogP contribution < -0.4 is 5.44 Å². The lowest BCUT2D eigenvalue weighted by Crippen LogP contribution is -2.14. The Morgan fingerprint density at radius 3 is 2.75 bits per heavy atom. The van der Waals surface area contributed by atoms with E-state index >= 15 is 0 Å². The maximum atomic E-state index is 4.44. The van der Waals surface area contributed by atoms with Crippen molar-refractivity contribution in [1.29, 1.82) is 0 Å². The molecule has 1 aromatic heterocycles. The Morgan fingerprint density at radius 1 is 1.58 bits per heavy atom. The van der Waals surface area contributed by atoms with Crippen molar-refractivity contribution in [2.45, 2.75) is 18.9 Å². The molecule has 0 aromatic carbocycles. The Balaban J connectivity index is 2.36. The van der Waals surface area contributed by atoms with E-state index < -0.39 is 0 Å². The van der Waals surface area contributed by atoms with E-state index in [0.29, 0.717) is 6.04 Å². The molecule has 1 aromatic rings. The Morgan fingerprint density at radius 2 is 2.25 bits per heavy atom. The number of hydrogen-bond acceptors (Lipinski definition) is 1. The zero-order valence-electron chi connectivity index (χ0n) is 7.29. The van der Waals surface area contributed by atoms with Crippen molar-refractivity contribution >= 4 is 29.3 Å². The van der Waals surface area contributed by atoms with Crippen LogP contribution in [0.1, 0.15) is 18.9 Å². The van der Waals surface area contributed by atoms with Crippen molar-refractivity contribution in [3.05, 3.63) is 10.7 Å². The van der Waals surface area contributed by atoms with E-state index in [1.807, 2.05) is 0 Å². The predicted molar refractivity (Wildman–Crippen MR) is 56.6 cm³/mol. The molecule has 2 nitrogen and oxygen atoms in total. The van der Waals surface area contributed by atoms with Gasteiger partial charge in [-0.05, 0) is 48.2 Å². The highest BCUT2D eigenvalue weighted by Gasteiger charge is 2.27. The largest absolute Gasteiger partial charge is 0.261 e. The first kappa shape index (κ1) is 8.71. The molecule has 1 fully saturated rings. The lowest BCUT2D eigenvalue weighted by atomic mass is 10.7. The molecule has 0 unspecified atom stereocenters. The third kappa shape index (κ3) is 1.57. The van der Waals surface area contributed by atoms with E-state index in [1.54, 1.807) is 0 Å². The normalized spacial score (nSPS) is 17.3. The molecule has 0 amide bonds. The van der Waals surface area contributed by atoms with Gasteiger partial charge < -0.3 is 0 Å². The Labute approximate surface area is 82.2 Å². The standard InChI is InChI=1S/C8H12BrN2P/c1-12(2)8-5-7(9)10-11(8)6-3-4-6/h5-6H,3-4H2,1-2H3. The predicted octanol–water partition coefficient (Wildman–Crippen LogP) is 2.35. The van der Waals surface area contributed by atoms with E-state index in [2.05, 4.69) is 45.1 Å². The average molecular weight is 247 g/mol. The second-order valence-electron chi connectivity index (χ2n) is 3.40. The third-order valence-electron chi connectivity index (χ3n) is 2.04. The van der Waals surface area contributed by atoms with Crippen LogP contribution in [0.25, 0.3) is 0 Å². The zero-order valence-corrected chi connectivity index (χ0v) is 9.77. The van der Waals surface area contributed by atoms with Crippen LogP contribution in [0.2, 0.25) is 0 Å². The summed E-state index contributed by atoms with van der Waals surface area (Å²) in [5.74, 6) is 0. The molecule has 66 valence electrons. The van der Waals surface area contributed by atoms with E-state index in [4.69, 9.17) is 0 Å². The van der Waals surface area contributed by atoms with Crippen molar-refractivity contribution < 1.29 is 0 Å². The Bertz CT molecular complexity index is 272. The molecule has 1 saturated carbocycles. The highest BCUT2D eigenvalue weighted by Crippen LogP contribution is 2.37. The number of nitrogens with zero attached hydrogens (tertiary/aromatic N) is 2. The molecule has 0 radical (unpaired) electrons. The van der Waals surface area contributed by atoms with Gasteiger partial charge in [0, 0.05) is 0 Å². The summed E-state index contributed by atoms with van der Waals surface area (Å²) in [6.45, 7) is 4.55. The van der Waals surface area contributed by atoms with Crippen molar-refractivity contribution in [2.24, 2.45) is 0 Å². The molecule has 2 rings (SSSR count). The number of rotatable bonds is 2. The highest BCUT2D eigenvalue weighted by molar-refractivity contribution is 9.10. The van der Waals surface area contributed by atoms with E-state index in [9.17, 15) is 0 Å². The van der Waals surface area contributed by atoms with Gasteiger partial charge in [0.05, 0.1) is 11.5 Å². The van der Waals surface area contributed by atoms with Gasteiger partial charge in [-0.25, -0.2) is 0 Å². The maximum Gasteiger partial charge on any atom is 0.128 e. The molecule has 1 aliphatic carbocycles. The van der Waals surface area contributed by atoms with Crippen LogP contribution in [0, 0.1) is 0 Å². The molecule has 0 atom stereocenters. The molecule has 1 heterocycles. The molecular weight excluding hydrogens is 235 g/mol. The Kier molecular flexibility index (Phi) is 2.26. The second-order valence-corrected chi connectivity index (χ2v) is 6.45.